The molecule has 0 spiro atoms. The van der Waals surface area contributed by atoms with E-state index in [1.165, 1.54) is 0 Å². The minimum absolute atomic E-state index is 0.00755. The number of para-hydroxylation sites is 2. The quantitative estimate of drug-likeness (QED) is 0.867. The van der Waals surface area contributed by atoms with E-state index in [4.69, 9.17) is 10.5 Å². The molecule has 0 bridgehead atoms. The Morgan fingerprint density at radius 3 is 2.92 bits per heavy atom. The number of hydrogen-bond acceptors (Lipinski definition) is 4. The van der Waals surface area contributed by atoms with Gasteiger partial charge in [-0.3, -0.25) is 4.79 Å². The Kier molecular flexibility index (Phi) is 5.16. The van der Waals surface area contributed by atoms with Gasteiger partial charge in [-0.1, -0.05) is 12.1 Å². The summed E-state index contributed by atoms with van der Waals surface area (Å²) in [4.78, 5) is 17.0. The fourth-order valence-electron chi connectivity index (χ4n) is 3.57. The minimum Gasteiger partial charge on any atom is -0.380 e. The number of rotatable bonds is 5. The fraction of sp³-hybridized carbons (Fsp3) is 0.556. The molecule has 2 aromatic rings. The standard InChI is InChI=1S/C18H26N4O2/c1-22-15-6-4-3-5-14(15)21-17(22)9-10-20-18(23)12-7-8-16(24-2)13(19)11-12/h3-6,12-13,16H,7-11,19H2,1-2H3,(H,20,23)/t12-,13+,16+/m0/s1. The largest absolute Gasteiger partial charge is 0.380 e. The first-order chi connectivity index (χ1) is 11.6. The zero-order chi connectivity index (χ0) is 17.1. The first kappa shape index (κ1) is 16.9. The lowest BCUT2D eigenvalue weighted by Gasteiger charge is -2.32. The Bertz CT molecular complexity index is 712. The molecule has 1 aliphatic rings. The molecule has 1 aromatic heterocycles. The average Bonchev–Trinajstić information content (AvgIpc) is 2.91. The lowest BCUT2D eigenvalue weighted by atomic mass is 9.83. The molecule has 3 rings (SSSR count). The molecule has 130 valence electrons. The second kappa shape index (κ2) is 7.32. The van der Waals surface area contributed by atoms with Crippen LogP contribution in [0.15, 0.2) is 24.3 Å². The zero-order valence-electron chi connectivity index (χ0n) is 14.4. The van der Waals surface area contributed by atoms with Gasteiger partial charge < -0.3 is 20.4 Å². The Morgan fingerprint density at radius 2 is 2.21 bits per heavy atom. The number of carbonyl (C=O) groups is 1. The Hall–Kier alpha value is -1.92. The van der Waals surface area contributed by atoms with E-state index in [0.29, 0.717) is 13.0 Å². The van der Waals surface area contributed by atoms with Crippen molar-refractivity contribution in [3.05, 3.63) is 30.1 Å². The predicted molar refractivity (Wildman–Crippen MR) is 93.5 cm³/mol. The normalized spacial score (nSPS) is 24.2. The highest BCUT2D eigenvalue weighted by Crippen LogP contribution is 2.25. The van der Waals surface area contributed by atoms with Crippen molar-refractivity contribution in [1.82, 2.24) is 14.9 Å². The topological polar surface area (TPSA) is 82.2 Å². The summed E-state index contributed by atoms with van der Waals surface area (Å²) in [5.74, 6) is 1.07. The van der Waals surface area contributed by atoms with Crippen molar-refractivity contribution in [2.24, 2.45) is 18.7 Å². The molecule has 0 saturated heterocycles. The number of nitrogens with zero attached hydrogens (tertiary/aromatic N) is 2. The maximum atomic E-state index is 12.4. The Morgan fingerprint density at radius 1 is 1.42 bits per heavy atom. The van der Waals surface area contributed by atoms with Crippen molar-refractivity contribution in [2.45, 2.75) is 37.8 Å². The number of benzene rings is 1. The molecule has 1 heterocycles. The molecule has 6 nitrogen and oxygen atoms in total. The molecule has 1 aromatic carbocycles. The number of hydrogen-bond donors (Lipinski definition) is 2. The summed E-state index contributed by atoms with van der Waals surface area (Å²) in [6, 6.07) is 8.00. The third kappa shape index (κ3) is 3.44. The molecule has 3 N–H and O–H groups in total. The number of nitrogens with two attached hydrogens (primary N) is 1. The minimum atomic E-state index is -0.0562. The van der Waals surface area contributed by atoms with E-state index in [1.54, 1.807) is 7.11 Å². The van der Waals surface area contributed by atoms with Crippen molar-refractivity contribution in [3.63, 3.8) is 0 Å². The van der Waals surface area contributed by atoms with Crippen LogP contribution in [0.5, 0.6) is 0 Å². The number of nitrogens with one attached hydrogen (secondary N) is 1. The van der Waals surface area contributed by atoms with E-state index >= 15 is 0 Å². The van der Waals surface area contributed by atoms with E-state index in [0.717, 1.165) is 36.1 Å². The van der Waals surface area contributed by atoms with E-state index < -0.39 is 0 Å². The fourth-order valence-corrected chi connectivity index (χ4v) is 3.57. The van der Waals surface area contributed by atoms with Crippen LogP contribution in [-0.2, 0) is 23.0 Å². The van der Waals surface area contributed by atoms with Gasteiger partial charge in [0.05, 0.1) is 17.1 Å². The van der Waals surface area contributed by atoms with Crippen molar-refractivity contribution < 1.29 is 9.53 Å². The van der Waals surface area contributed by atoms with E-state index in [9.17, 15) is 4.79 Å². The maximum absolute atomic E-state index is 12.4. The number of methoxy groups -OCH3 is 1. The van der Waals surface area contributed by atoms with Gasteiger partial charge >= 0.3 is 0 Å². The van der Waals surface area contributed by atoms with Crippen LogP contribution in [0.3, 0.4) is 0 Å². The first-order valence-electron chi connectivity index (χ1n) is 8.56. The van der Waals surface area contributed by atoms with Crippen molar-refractivity contribution in [1.29, 1.82) is 0 Å². The molecule has 1 saturated carbocycles. The lowest BCUT2D eigenvalue weighted by molar-refractivity contribution is -0.127. The molecule has 24 heavy (non-hydrogen) atoms. The van der Waals surface area contributed by atoms with Crippen LogP contribution in [0.2, 0.25) is 0 Å². The van der Waals surface area contributed by atoms with Crippen molar-refractivity contribution in [2.75, 3.05) is 13.7 Å². The summed E-state index contributed by atoms with van der Waals surface area (Å²) in [7, 11) is 3.69. The number of ether oxygens (including phenoxy) is 1. The third-order valence-corrected chi connectivity index (χ3v) is 5.04. The highest BCUT2D eigenvalue weighted by Gasteiger charge is 2.31. The number of aryl methyl sites for hydroxylation is 1. The van der Waals surface area contributed by atoms with E-state index in [1.807, 2.05) is 25.2 Å². The van der Waals surface area contributed by atoms with Gasteiger partial charge in [-0.15, -0.1) is 0 Å². The molecule has 3 atom stereocenters. The lowest BCUT2D eigenvalue weighted by Crippen LogP contribution is -2.45. The maximum Gasteiger partial charge on any atom is 0.223 e. The molecule has 0 radical (unpaired) electrons. The predicted octanol–water partition coefficient (Wildman–Crippen LogP) is 1.37. The summed E-state index contributed by atoms with van der Waals surface area (Å²) in [5.41, 5.74) is 8.19. The van der Waals surface area contributed by atoms with Gasteiger partial charge in [0.25, 0.3) is 0 Å². The number of imidazole rings is 1. The van der Waals surface area contributed by atoms with Gasteiger partial charge in [0, 0.05) is 39.1 Å². The molecule has 0 aliphatic heterocycles. The SMILES string of the molecule is CO[C@@H]1CC[C@H](C(=O)NCCc2nc3ccccc3n2C)C[C@H]1N. The Balaban J connectivity index is 1.52. The van der Waals surface area contributed by atoms with Crippen molar-refractivity contribution >= 4 is 16.9 Å². The monoisotopic (exact) mass is 330 g/mol. The summed E-state index contributed by atoms with van der Waals surface area (Å²) >= 11 is 0. The second-order valence-electron chi connectivity index (χ2n) is 6.56. The van der Waals surface area contributed by atoms with Crippen LogP contribution < -0.4 is 11.1 Å². The van der Waals surface area contributed by atoms with Crippen LogP contribution in [0, 0.1) is 5.92 Å². The van der Waals surface area contributed by atoms with Gasteiger partial charge in [0.15, 0.2) is 0 Å². The summed E-state index contributed by atoms with van der Waals surface area (Å²) in [6.45, 7) is 0.593. The van der Waals surface area contributed by atoms with Crippen LogP contribution in [0.25, 0.3) is 11.0 Å². The zero-order valence-corrected chi connectivity index (χ0v) is 14.4. The van der Waals surface area contributed by atoms with Crippen molar-refractivity contribution in [3.8, 4) is 0 Å². The Labute approximate surface area is 142 Å². The van der Waals surface area contributed by atoms with Gasteiger partial charge in [-0.05, 0) is 31.4 Å². The third-order valence-electron chi connectivity index (χ3n) is 5.04. The summed E-state index contributed by atoms with van der Waals surface area (Å²) < 4.78 is 7.43. The number of carbonyl (C=O) groups excluding carboxylic acids is 1. The number of aromatic nitrogens is 2. The van der Waals surface area contributed by atoms with Crippen LogP contribution in [-0.4, -0.2) is 41.3 Å². The highest BCUT2D eigenvalue weighted by molar-refractivity contribution is 5.79. The molecular formula is C18H26N4O2. The highest BCUT2D eigenvalue weighted by atomic mass is 16.5. The van der Waals surface area contributed by atoms with E-state index in [2.05, 4.69) is 20.9 Å². The molecule has 1 fully saturated rings. The molecular weight excluding hydrogens is 304 g/mol. The van der Waals surface area contributed by atoms with Gasteiger partial charge in [0.1, 0.15) is 5.82 Å². The molecule has 6 heteroatoms. The molecule has 0 unspecified atom stereocenters. The van der Waals surface area contributed by atoms with Crippen LogP contribution in [0.4, 0.5) is 0 Å². The second-order valence-corrected chi connectivity index (χ2v) is 6.56. The number of fused-ring (bicyclic) bond motifs is 1. The molecule has 1 aliphatic carbocycles. The average molecular weight is 330 g/mol. The van der Waals surface area contributed by atoms with Gasteiger partial charge in [0.2, 0.25) is 5.91 Å². The smallest absolute Gasteiger partial charge is 0.223 e. The number of amides is 1. The summed E-state index contributed by atoms with van der Waals surface area (Å²) in [5, 5.41) is 3.04. The van der Waals surface area contributed by atoms with Crippen LogP contribution >= 0.6 is 0 Å². The summed E-state index contributed by atoms with van der Waals surface area (Å²) in [6.07, 6.45) is 3.17. The van der Waals surface area contributed by atoms with E-state index in [-0.39, 0.29) is 24.0 Å². The van der Waals surface area contributed by atoms with Crippen LogP contribution in [0.1, 0.15) is 25.1 Å². The van der Waals surface area contributed by atoms with Gasteiger partial charge in [-0.25, -0.2) is 4.98 Å². The molecule has 1 amide bonds. The first-order valence-corrected chi connectivity index (χ1v) is 8.56. The van der Waals surface area contributed by atoms with Gasteiger partial charge in [-0.2, -0.15) is 0 Å².